The molecule has 0 aliphatic carbocycles. The number of hydrogen-bond donors (Lipinski definition) is 2. The van der Waals surface area contributed by atoms with E-state index in [-0.39, 0.29) is 34.1 Å². The molecule has 3 N–H and O–H groups in total. The van der Waals surface area contributed by atoms with Crippen LogP contribution in [-0.2, 0) is 26.0 Å². The van der Waals surface area contributed by atoms with Crippen molar-refractivity contribution in [2.75, 3.05) is 24.2 Å². The monoisotopic (exact) mass is 534 g/mol. The fourth-order valence-electron chi connectivity index (χ4n) is 3.70. The highest BCUT2D eigenvalue weighted by atomic mass is 32.2. The van der Waals surface area contributed by atoms with E-state index in [1.807, 2.05) is 0 Å². The molecule has 0 aliphatic rings. The normalized spacial score (nSPS) is 11.4. The van der Waals surface area contributed by atoms with E-state index in [1.54, 1.807) is 6.07 Å². The molecule has 0 spiro atoms. The number of halogens is 1. The number of sulfonamides is 1. The van der Waals surface area contributed by atoms with E-state index in [9.17, 15) is 27.2 Å². The molecule has 2 amide bonds. The summed E-state index contributed by atoms with van der Waals surface area (Å²) in [5.41, 5.74) is 5.59. The van der Waals surface area contributed by atoms with Crippen LogP contribution in [-0.4, -0.2) is 51.2 Å². The Balaban J connectivity index is 2.12. The number of nitrogens with one attached hydrogen (secondary N) is 1. The van der Waals surface area contributed by atoms with Crippen molar-refractivity contribution >= 4 is 44.9 Å². The van der Waals surface area contributed by atoms with Gasteiger partial charge in [0.25, 0.3) is 0 Å². The molecule has 3 aromatic rings. The number of esters is 1. The van der Waals surface area contributed by atoms with Gasteiger partial charge < -0.3 is 20.2 Å². The number of unbranched alkanes of at least 4 members (excludes halogenated alkanes) is 2. The van der Waals surface area contributed by atoms with Crippen LogP contribution in [0.5, 0.6) is 0 Å². The number of amides is 2. The number of nitrogens with zero attached hydrogens (tertiary/aromatic N) is 2. The molecule has 13 heteroatoms. The van der Waals surface area contributed by atoms with Crippen molar-refractivity contribution in [1.29, 1.82) is 0 Å². The quantitative estimate of drug-likeness (QED) is 0.228. The number of benzene rings is 1. The van der Waals surface area contributed by atoms with Gasteiger partial charge in [-0.3, -0.25) is 9.10 Å². The Kier molecular flexibility index (Phi) is 8.48. The van der Waals surface area contributed by atoms with Crippen LogP contribution in [0.15, 0.2) is 34.7 Å². The summed E-state index contributed by atoms with van der Waals surface area (Å²) < 4.78 is 49.5. The van der Waals surface area contributed by atoms with Crippen molar-refractivity contribution in [2.24, 2.45) is 5.73 Å². The Morgan fingerprint density at radius 1 is 1.16 bits per heavy atom. The number of carbonyl (C=O) groups is 3. The predicted molar refractivity (Wildman–Crippen MR) is 134 cm³/mol. The standard InChI is InChI=1S/C24H27FN4O7S/c1-14(30)27-12-6-4-5-7-16-13-18-19(23(31)36-24(26)32)20(15-8-10-17(25)11-9-15)35-22(18)28-21(16)29(2)37(3,33)34/h8-11,13H,4-7,12H2,1-3H3,(H2,26,32)(H,27,30). The lowest BCUT2D eigenvalue weighted by atomic mass is 10.0. The van der Waals surface area contributed by atoms with Crippen molar-refractivity contribution in [2.45, 2.75) is 32.6 Å². The SMILES string of the molecule is CC(=O)NCCCCCc1cc2c(C(=O)OC(N)=O)c(-c3ccc(F)cc3)oc2nc1N(C)S(C)(=O)=O. The van der Waals surface area contributed by atoms with Gasteiger partial charge in [0.2, 0.25) is 21.6 Å². The molecule has 37 heavy (non-hydrogen) atoms. The largest absolute Gasteiger partial charge is 0.437 e. The summed E-state index contributed by atoms with van der Waals surface area (Å²) in [6, 6.07) is 6.62. The second kappa shape index (κ2) is 11.4. The highest BCUT2D eigenvalue weighted by Crippen LogP contribution is 2.36. The molecule has 198 valence electrons. The van der Waals surface area contributed by atoms with Gasteiger partial charge in [-0.2, -0.15) is 4.98 Å². The van der Waals surface area contributed by atoms with E-state index in [2.05, 4.69) is 15.0 Å². The molecule has 0 unspecified atom stereocenters. The van der Waals surface area contributed by atoms with Gasteiger partial charge in [-0.05, 0) is 55.2 Å². The van der Waals surface area contributed by atoms with E-state index < -0.39 is 27.9 Å². The molecule has 0 bridgehead atoms. The Morgan fingerprint density at radius 2 is 1.84 bits per heavy atom. The number of primary amides is 1. The second-order valence-electron chi connectivity index (χ2n) is 8.37. The fraction of sp³-hybridized carbons (Fsp3) is 0.333. The van der Waals surface area contributed by atoms with E-state index in [4.69, 9.17) is 10.2 Å². The van der Waals surface area contributed by atoms with Crippen molar-refractivity contribution in [1.82, 2.24) is 10.3 Å². The minimum atomic E-state index is -3.70. The first-order valence-corrected chi connectivity index (χ1v) is 13.2. The zero-order valence-electron chi connectivity index (χ0n) is 20.5. The average molecular weight is 535 g/mol. The number of hydrogen-bond acceptors (Lipinski definition) is 8. The molecule has 0 aliphatic heterocycles. The molecule has 0 radical (unpaired) electrons. The van der Waals surface area contributed by atoms with Gasteiger partial charge in [0.1, 0.15) is 17.2 Å². The maximum atomic E-state index is 13.5. The molecule has 0 saturated heterocycles. The Hall–Kier alpha value is -4.00. The molecule has 3 rings (SSSR count). The minimum Gasteiger partial charge on any atom is -0.437 e. The minimum absolute atomic E-state index is 0.0471. The van der Waals surface area contributed by atoms with Gasteiger partial charge >= 0.3 is 12.1 Å². The van der Waals surface area contributed by atoms with Crippen LogP contribution >= 0.6 is 0 Å². The van der Waals surface area contributed by atoms with Crippen molar-refractivity contribution in [3.8, 4) is 11.3 Å². The molecular weight excluding hydrogens is 507 g/mol. The van der Waals surface area contributed by atoms with Crippen molar-refractivity contribution < 1.29 is 36.3 Å². The first-order chi connectivity index (χ1) is 17.4. The number of aromatic nitrogens is 1. The Bertz CT molecular complexity index is 1440. The molecule has 11 nitrogen and oxygen atoms in total. The van der Waals surface area contributed by atoms with Gasteiger partial charge in [0.05, 0.1) is 11.6 Å². The molecule has 1 aromatic carbocycles. The highest BCUT2D eigenvalue weighted by Gasteiger charge is 2.28. The average Bonchev–Trinajstić information content (AvgIpc) is 3.18. The van der Waals surface area contributed by atoms with Crippen LogP contribution in [0, 0.1) is 5.82 Å². The topological polar surface area (TPSA) is 162 Å². The molecular formula is C24H27FN4O7S. The lowest BCUT2D eigenvalue weighted by Gasteiger charge is -2.19. The van der Waals surface area contributed by atoms with E-state index >= 15 is 0 Å². The lowest BCUT2D eigenvalue weighted by molar-refractivity contribution is -0.118. The van der Waals surface area contributed by atoms with Crippen LogP contribution in [0.3, 0.4) is 0 Å². The first-order valence-electron chi connectivity index (χ1n) is 11.3. The van der Waals surface area contributed by atoms with E-state index in [0.29, 0.717) is 36.9 Å². The van der Waals surface area contributed by atoms with Gasteiger partial charge in [-0.15, -0.1) is 0 Å². The Labute approximate surface area is 212 Å². The van der Waals surface area contributed by atoms with Crippen LogP contribution in [0.1, 0.15) is 42.1 Å². The summed E-state index contributed by atoms with van der Waals surface area (Å²) in [4.78, 5) is 39.6. The lowest BCUT2D eigenvalue weighted by Crippen LogP contribution is -2.27. The fourth-order valence-corrected chi connectivity index (χ4v) is 4.17. The number of fused-ring (bicyclic) bond motifs is 1. The molecule has 0 atom stereocenters. The highest BCUT2D eigenvalue weighted by molar-refractivity contribution is 7.92. The second-order valence-corrected chi connectivity index (χ2v) is 10.4. The zero-order chi connectivity index (χ0) is 27.3. The summed E-state index contributed by atoms with van der Waals surface area (Å²) in [5.74, 6) is -1.69. The number of pyridine rings is 1. The summed E-state index contributed by atoms with van der Waals surface area (Å²) in [5, 5.41) is 2.88. The maximum Gasteiger partial charge on any atom is 0.412 e. The smallest absolute Gasteiger partial charge is 0.412 e. The first kappa shape index (κ1) is 27.6. The van der Waals surface area contributed by atoms with Crippen molar-refractivity contribution in [3.05, 3.63) is 47.3 Å². The zero-order valence-corrected chi connectivity index (χ0v) is 21.4. The number of nitrogens with two attached hydrogens (primary N) is 1. The number of rotatable bonds is 10. The number of ether oxygens (including phenoxy) is 1. The number of carbonyl (C=O) groups excluding carboxylic acids is 3. The van der Waals surface area contributed by atoms with Crippen LogP contribution in [0.25, 0.3) is 22.4 Å². The summed E-state index contributed by atoms with van der Waals surface area (Å²) in [7, 11) is -2.36. The van der Waals surface area contributed by atoms with Crippen molar-refractivity contribution in [3.63, 3.8) is 0 Å². The van der Waals surface area contributed by atoms with Crippen LogP contribution in [0.2, 0.25) is 0 Å². The predicted octanol–water partition coefficient (Wildman–Crippen LogP) is 3.11. The third kappa shape index (κ3) is 6.82. The van der Waals surface area contributed by atoms with Gasteiger partial charge in [0.15, 0.2) is 5.76 Å². The van der Waals surface area contributed by atoms with Crippen LogP contribution in [0.4, 0.5) is 15.0 Å². The molecule has 0 saturated carbocycles. The molecule has 2 heterocycles. The third-order valence-corrected chi connectivity index (χ3v) is 6.70. The number of furan rings is 1. The van der Waals surface area contributed by atoms with Gasteiger partial charge in [-0.1, -0.05) is 6.42 Å². The van der Waals surface area contributed by atoms with Gasteiger partial charge in [-0.25, -0.2) is 22.4 Å². The summed E-state index contributed by atoms with van der Waals surface area (Å²) in [6.07, 6.45) is 2.15. The molecule has 0 fully saturated rings. The van der Waals surface area contributed by atoms with Crippen LogP contribution < -0.4 is 15.4 Å². The number of anilines is 1. The van der Waals surface area contributed by atoms with Gasteiger partial charge in [0, 0.05) is 26.1 Å². The summed E-state index contributed by atoms with van der Waals surface area (Å²) in [6.45, 7) is 1.94. The van der Waals surface area contributed by atoms with E-state index in [1.165, 1.54) is 26.1 Å². The Morgan fingerprint density at radius 3 is 2.43 bits per heavy atom. The maximum absolute atomic E-state index is 13.5. The molecule has 2 aromatic heterocycles. The third-order valence-electron chi connectivity index (χ3n) is 5.54. The summed E-state index contributed by atoms with van der Waals surface area (Å²) >= 11 is 0. The number of aryl methyl sites for hydroxylation is 1. The van der Waals surface area contributed by atoms with E-state index in [0.717, 1.165) is 29.1 Å².